The van der Waals surface area contributed by atoms with Gasteiger partial charge in [-0.1, -0.05) is 83.0 Å². The van der Waals surface area contributed by atoms with Crippen LogP contribution in [0.3, 0.4) is 0 Å². The number of carbonyl (C=O) groups is 1. The van der Waals surface area contributed by atoms with E-state index in [2.05, 4.69) is 10.3 Å². The molecule has 2 heterocycles. The van der Waals surface area contributed by atoms with Crippen molar-refractivity contribution in [3.63, 3.8) is 0 Å². The number of anilines is 1. The molecule has 35 heavy (non-hydrogen) atoms. The Morgan fingerprint density at radius 3 is 2.43 bits per heavy atom. The minimum absolute atomic E-state index is 0.0123. The number of aliphatic hydroxyl groups is 1. The second kappa shape index (κ2) is 11.5. The molecule has 1 fully saturated rings. The maximum absolute atomic E-state index is 11.9. The number of rotatable bonds is 7. The molecule has 3 atom stereocenters. The highest BCUT2D eigenvalue weighted by molar-refractivity contribution is 7.99. The second-order valence-electron chi connectivity index (χ2n) is 8.06. The molecule has 1 aliphatic heterocycles. The van der Waals surface area contributed by atoms with Gasteiger partial charge in [-0.2, -0.15) is 0 Å². The van der Waals surface area contributed by atoms with Gasteiger partial charge in [-0.3, -0.25) is 4.79 Å². The van der Waals surface area contributed by atoms with Crippen LogP contribution in [-0.4, -0.2) is 36.2 Å². The monoisotopic (exact) mass is 555 g/mol. The zero-order valence-electron chi connectivity index (χ0n) is 18.7. The highest BCUT2D eigenvalue weighted by Gasteiger charge is 2.33. The van der Waals surface area contributed by atoms with E-state index in [1.807, 2.05) is 42.1 Å². The molecule has 1 saturated heterocycles. The Bertz CT molecular complexity index is 1140. The lowest BCUT2D eigenvalue weighted by atomic mass is 10.0. The first-order chi connectivity index (χ1) is 16.7. The molecule has 0 saturated carbocycles. The van der Waals surface area contributed by atoms with E-state index in [-0.39, 0.29) is 18.8 Å². The van der Waals surface area contributed by atoms with Crippen molar-refractivity contribution in [1.29, 1.82) is 0 Å². The van der Waals surface area contributed by atoms with Gasteiger partial charge in [0.15, 0.2) is 11.4 Å². The fourth-order valence-electron chi connectivity index (χ4n) is 3.61. The molecular weight excluding hydrogens is 533 g/mol. The zero-order chi connectivity index (χ0) is 25.0. The molecule has 7 nitrogen and oxygen atoms in total. The Kier molecular flexibility index (Phi) is 8.65. The Morgan fingerprint density at radius 1 is 1.14 bits per heavy atom. The van der Waals surface area contributed by atoms with E-state index in [4.69, 9.17) is 44.3 Å². The molecule has 0 bridgehead atoms. The number of nitrogens with one attached hydrogen (secondary N) is 1. The van der Waals surface area contributed by atoms with Crippen molar-refractivity contribution in [2.45, 2.75) is 40.5 Å². The van der Waals surface area contributed by atoms with Gasteiger partial charge in [-0.15, -0.1) is 0 Å². The molecule has 1 aliphatic rings. The predicted molar refractivity (Wildman–Crippen MR) is 138 cm³/mol. The Balaban J connectivity index is 1.51. The van der Waals surface area contributed by atoms with Gasteiger partial charge >= 0.3 is 0 Å². The summed E-state index contributed by atoms with van der Waals surface area (Å²) in [5, 5.41) is 12.8. The molecule has 11 heteroatoms. The van der Waals surface area contributed by atoms with Gasteiger partial charge in [0, 0.05) is 42.9 Å². The van der Waals surface area contributed by atoms with Crippen LogP contribution in [-0.2, 0) is 27.9 Å². The van der Waals surface area contributed by atoms with Gasteiger partial charge in [0.25, 0.3) is 9.70 Å². The highest BCUT2D eigenvalue weighted by atomic mass is 35.6. The van der Waals surface area contributed by atoms with Crippen LogP contribution < -0.4 is 5.32 Å². The number of imidazole rings is 1. The minimum Gasteiger partial charge on any atom is -0.392 e. The smallest absolute Gasteiger partial charge is 0.276 e. The molecule has 1 amide bonds. The third kappa shape index (κ3) is 6.92. The van der Waals surface area contributed by atoms with Gasteiger partial charge in [0.05, 0.1) is 18.8 Å². The zero-order valence-corrected chi connectivity index (χ0v) is 21.8. The number of ether oxygens (including phenoxy) is 2. The second-order valence-corrected chi connectivity index (χ2v) is 11.3. The molecule has 2 N–H and O–H groups in total. The first-order valence-corrected chi connectivity index (χ1v) is 12.9. The third-order valence-electron chi connectivity index (χ3n) is 5.49. The van der Waals surface area contributed by atoms with Crippen LogP contribution in [0.15, 0.2) is 66.1 Å². The van der Waals surface area contributed by atoms with Crippen molar-refractivity contribution in [3.8, 4) is 0 Å². The largest absolute Gasteiger partial charge is 0.392 e. The summed E-state index contributed by atoms with van der Waals surface area (Å²) in [5.41, 5.74) is 3.13. The lowest BCUT2D eigenvalue weighted by Crippen LogP contribution is -2.31. The van der Waals surface area contributed by atoms with Crippen molar-refractivity contribution < 1.29 is 19.4 Å². The van der Waals surface area contributed by atoms with Gasteiger partial charge in [0.1, 0.15) is 0 Å². The average molecular weight is 557 g/mol. The molecule has 0 spiro atoms. The number of nitrogens with zero attached hydrogens (tertiary/aromatic N) is 2. The summed E-state index contributed by atoms with van der Waals surface area (Å²) in [5.74, 6) is -0.0361. The molecule has 2 aromatic carbocycles. The van der Waals surface area contributed by atoms with Crippen LogP contribution >= 0.6 is 46.6 Å². The predicted octanol–water partition coefficient (Wildman–Crippen LogP) is 5.56. The van der Waals surface area contributed by atoms with Crippen molar-refractivity contribution in [1.82, 2.24) is 9.55 Å². The van der Waals surface area contributed by atoms with E-state index >= 15 is 0 Å². The number of halogens is 3. The lowest BCUT2D eigenvalue weighted by molar-refractivity contribution is -0.245. The SMILES string of the molecule is Cn1ccnc1SC[C@@H]1C[C@H](c2ccc(CO)cc2)O[C@H](c2ccc(NC(=O)C(Cl)(Cl)Cl)cc2)O1. The van der Waals surface area contributed by atoms with Gasteiger partial charge in [-0.05, 0) is 23.3 Å². The summed E-state index contributed by atoms with van der Waals surface area (Å²) in [7, 11) is 1.96. The van der Waals surface area contributed by atoms with Crippen LogP contribution in [0, 0.1) is 0 Å². The maximum Gasteiger partial charge on any atom is 0.276 e. The summed E-state index contributed by atoms with van der Waals surface area (Å²) >= 11 is 18.5. The molecule has 1 aromatic heterocycles. The summed E-state index contributed by atoms with van der Waals surface area (Å²) in [6.07, 6.45) is 3.44. The van der Waals surface area contributed by atoms with Gasteiger partial charge in [-0.25, -0.2) is 4.98 Å². The van der Waals surface area contributed by atoms with Crippen LogP contribution in [0.5, 0.6) is 0 Å². The van der Waals surface area contributed by atoms with Crippen LogP contribution in [0.4, 0.5) is 5.69 Å². The molecule has 3 aromatic rings. The Morgan fingerprint density at radius 2 is 1.83 bits per heavy atom. The number of amides is 1. The summed E-state index contributed by atoms with van der Waals surface area (Å²) in [6, 6.07) is 14.7. The Labute approximate surface area is 222 Å². The first kappa shape index (κ1) is 26.3. The van der Waals surface area contributed by atoms with Crippen LogP contribution in [0.1, 0.15) is 35.5 Å². The van der Waals surface area contributed by atoms with Crippen molar-refractivity contribution >= 4 is 58.2 Å². The quantitative estimate of drug-likeness (QED) is 0.293. The number of benzene rings is 2. The topological polar surface area (TPSA) is 85.6 Å². The average Bonchev–Trinajstić information content (AvgIpc) is 3.27. The number of aryl methyl sites for hydroxylation is 1. The van der Waals surface area contributed by atoms with Gasteiger partial charge in [0.2, 0.25) is 0 Å². The van der Waals surface area contributed by atoms with E-state index in [0.29, 0.717) is 17.9 Å². The first-order valence-electron chi connectivity index (χ1n) is 10.8. The van der Waals surface area contributed by atoms with E-state index in [1.54, 1.807) is 42.2 Å². The van der Waals surface area contributed by atoms with Crippen molar-refractivity contribution in [2.24, 2.45) is 7.05 Å². The summed E-state index contributed by atoms with van der Waals surface area (Å²) in [4.78, 5) is 16.3. The van der Waals surface area contributed by atoms with E-state index in [1.165, 1.54) is 0 Å². The molecule has 186 valence electrons. The minimum atomic E-state index is -2.05. The number of hydrogen-bond donors (Lipinski definition) is 2. The Hall–Kier alpha value is -1.78. The normalized spacial score (nSPS) is 20.5. The number of hydrogen-bond acceptors (Lipinski definition) is 6. The molecular formula is C24H24Cl3N3O4S. The fraction of sp³-hybridized carbons (Fsp3) is 0.333. The number of aromatic nitrogens is 2. The van der Waals surface area contributed by atoms with E-state index < -0.39 is 16.0 Å². The fourth-order valence-corrected chi connectivity index (χ4v) is 4.70. The number of thioether (sulfide) groups is 1. The number of carbonyl (C=O) groups excluding carboxylic acids is 1. The van der Waals surface area contributed by atoms with Crippen LogP contribution in [0.2, 0.25) is 0 Å². The molecule has 0 unspecified atom stereocenters. The van der Waals surface area contributed by atoms with E-state index in [9.17, 15) is 9.90 Å². The molecule has 4 rings (SSSR count). The lowest BCUT2D eigenvalue weighted by Gasteiger charge is -2.36. The highest BCUT2D eigenvalue weighted by Crippen LogP contribution is 2.39. The van der Waals surface area contributed by atoms with Crippen molar-refractivity contribution in [3.05, 3.63) is 77.6 Å². The van der Waals surface area contributed by atoms with Crippen LogP contribution in [0.25, 0.3) is 0 Å². The van der Waals surface area contributed by atoms with E-state index in [0.717, 1.165) is 21.8 Å². The maximum atomic E-state index is 11.9. The molecule has 0 aliphatic carbocycles. The molecule has 0 radical (unpaired) electrons. The third-order valence-corrected chi connectivity index (χ3v) is 7.19. The van der Waals surface area contributed by atoms with Gasteiger partial charge < -0.3 is 24.5 Å². The number of alkyl halides is 3. The van der Waals surface area contributed by atoms with Crippen molar-refractivity contribution in [2.75, 3.05) is 11.1 Å². The number of aliphatic hydroxyl groups excluding tert-OH is 1. The summed E-state index contributed by atoms with van der Waals surface area (Å²) in [6.45, 7) is -0.0123. The standard InChI is InChI=1S/C24H24Cl3N3O4S/c1-30-11-10-28-23(30)35-14-19-12-20(16-4-2-15(13-31)3-5-16)34-21(33-19)17-6-8-18(9-7-17)29-22(32)24(25,26)27/h2-11,19-21,31H,12-14H2,1H3,(H,29,32)/t19-,20+,21+/m0/s1. The summed E-state index contributed by atoms with van der Waals surface area (Å²) < 4.78 is 12.6.